The lowest BCUT2D eigenvalue weighted by atomic mass is 9.99. The molecule has 0 saturated carbocycles. The summed E-state index contributed by atoms with van der Waals surface area (Å²) < 4.78 is 1.84. The molecule has 1 aromatic carbocycles. The van der Waals surface area contributed by atoms with Crippen LogP contribution in [-0.4, -0.2) is 22.6 Å². The van der Waals surface area contributed by atoms with Gasteiger partial charge in [0.2, 0.25) is 0 Å². The predicted octanol–water partition coefficient (Wildman–Crippen LogP) is 4.79. The van der Waals surface area contributed by atoms with Crippen molar-refractivity contribution in [2.75, 3.05) is 18.0 Å². The highest BCUT2D eigenvalue weighted by Gasteiger charge is 2.20. The van der Waals surface area contributed by atoms with Crippen molar-refractivity contribution in [2.45, 2.75) is 67.9 Å². The number of rotatable bonds is 7. The average Bonchev–Trinajstić information content (AvgIpc) is 2.54. The molecule has 0 N–H and O–H groups in total. The molecular weight excluding hydrogens is 322 g/mol. The Labute approximate surface area is 157 Å². The minimum absolute atomic E-state index is 0.0799. The maximum atomic E-state index is 13.4. The second-order valence-corrected chi connectivity index (χ2v) is 7.18. The van der Waals surface area contributed by atoms with Crippen LogP contribution in [0.15, 0.2) is 16.9 Å². The lowest BCUT2D eigenvalue weighted by Gasteiger charge is -2.26. The van der Waals surface area contributed by atoms with Crippen molar-refractivity contribution in [2.24, 2.45) is 0 Å². The number of benzene rings is 1. The molecular formula is C22H33N3O. The summed E-state index contributed by atoms with van der Waals surface area (Å²) in [5, 5.41) is 0. The molecule has 1 aromatic heterocycles. The fourth-order valence-corrected chi connectivity index (χ4v) is 3.91. The number of hydrogen-bond acceptors (Lipinski definition) is 3. The number of anilines is 1. The Bertz CT molecular complexity index is 807. The fourth-order valence-electron chi connectivity index (χ4n) is 3.91. The normalized spacial score (nSPS) is 11.0. The summed E-state index contributed by atoms with van der Waals surface area (Å²) in [6.45, 7) is 17.0. The van der Waals surface area contributed by atoms with Crippen molar-refractivity contribution in [3.05, 3.63) is 44.9 Å². The van der Waals surface area contributed by atoms with Gasteiger partial charge in [-0.25, -0.2) is 4.98 Å². The summed E-state index contributed by atoms with van der Waals surface area (Å²) in [5.74, 6) is 0.793. The van der Waals surface area contributed by atoms with Crippen LogP contribution in [0.4, 0.5) is 5.69 Å². The van der Waals surface area contributed by atoms with Gasteiger partial charge in [-0.1, -0.05) is 31.5 Å². The van der Waals surface area contributed by atoms with Gasteiger partial charge in [-0.3, -0.25) is 9.36 Å². The SMILES string of the molecule is CCCN(CCC)c1c(C)nc(-c2c(C)cc(C)cc2C)n(CC)c1=O. The summed E-state index contributed by atoms with van der Waals surface area (Å²) >= 11 is 0. The minimum atomic E-state index is 0.0799. The van der Waals surface area contributed by atoms with Crippen LogP contribution < -0.4 is 10.5 Å². The summed E-state index contributed by atoms with van der Waals surface area (Å²) in [7, 11) is 0. The van der Waals surface area contributed by atoms with E-state index in [2.05, 4.69) is 51.7 Å². The van der Waals surface area contributed by atoms with E-state index in [4.69, 9.17) is 4.98 Å². The highest BCUT2D eigenvalue weighted by Crippen LogP contribution is 2.28. The molecule has 4 heteroatoms. The highest BCUT2D eigenvalue weighted by atomic mass is 16.1. The number of nitrogens with zero attached hydrogens (tertiary/aromatic N) is 3. The first kappa shape index (κ1) is 20.2. The first-order valence-corrected chi connectivity index (χ1v) is 9.80. The molecule has 0 aliphatic heterocycles. The maximum Gasteiger partial charge on any atom is 0.277 e. The molecule has 0 unspecified atom stereocenters. The van der Waals surface area contributed by atoms with Gasteiger partial charge in [-0.15, -0.1) is 0 Å². The van der Waals surface area contributed by atoms with Gasteiger partial charge < -0.3 is 4.90 Å². The van der Waals surface area contributed by atoms with E-state index in [-0.39, 0.29) is 5.56 Å². The van der Waals surface area contributed by atoms with E-state index in [1.165, 1.54) is 16.7 Å². The predicted molar refractivity (Wildman–Crippen MR) is 111 cm³/mol. The van der Waals surface area contributed by atoms with Crippen LogP contribution in [0.25, 0.3) is 11.4 Å². The van der Waals surface area contributed by atoms with E-state index in [0.717, 1.165) is 48.7 Å². The summed E-state index contributed by atoms with van der Waals surface area (Å²) in [6, 6.07) is 4.33. The van der Waals surface area contributed by atoms with Gasteiger partial charge in [-0.05, 0) is 58.6 Å². The Morgan fingerprint density at radius 2 is 1.50 bits per heavy atom. The largest absolute Gasteiger partial charge is 0.366 e. The topological polar surface area (TPSA) is 38.1 Å². The Morgan fingerprint density at radius 3 is 1.96 bits per heavy atom. The zero-order valence-electron chi connectivity index (χ0n) is 17.4. The van der Waals surface area contributed by atoms with Crippen LogP contribution in [0.3, 0.4) is 0 Å². The van der Waals surface area contributed by atoms with Crippen LogP contribution in [0.2, 0.25) is 0 Å². The molecule has 1 heterocycles. The van der Waals surface area contributed by atoms with Crippen LogP contribution >= 0.6 is 0 Å². The van der Waals surface area contributed by atoms with E-state index >= 15 is 0 Å². The molecule has 0 amide bonds. The minimum Gasteiger partial charge on any atom is -0.366 e. The molecule has 0 bridgehead atoms. The van der Waals surface area contributed by atoms with Crippen molar-refractivity contribution in [1.29, 1.82) is 0 Å². The maximum absolute atomic E-state index is 13.4. The molecule has 142 valence electrons. The molecule has 2 rings (SSSR count). The molecule has 0 fully saturated rings. The Morgan fingerprint density at radius 1 is 0.962 bits per heavy atom. The molecule has 0 aliphatic rings. The standard InChI is InChI=1S/C22H33N3O/c1-8-11-24(12-9-2)20-18(7)23-21(25(10-3)22(20)26)19-16(5)13-15(4)14-17(19)6/h13-14H,8-12H2,1-7H3. The second kappa shape index (κ2) is 8.52. The summed E-state index contributed by atoms with van der Waals surface area (Å²) in [5.41, 5.74) is 6.33. The molecule has 0 aliphatic carbocycles. The number of aromatic nitrogens is 2. The summed E-state index contributed by atoms with van der Waals surface area (Å²) in [4.78, 5) is 20.5. The third-order valence-corrected chi connectivity index (χ3v) is 4.84. The zero-order chi connectivity index (χ0) is 19.4. The Balaban J connectivity index is 2.75. The smallest absolute Gasteiger partial charge is 0.277 e. The quantitative estimate of drug-likeness (QED) is 0.717. The summed E-state index contributed by atoms with van der Waals surface area (Å²) in [6.07, 6.45) is 2.03. The van der Waals surface area contributed by atoms with E-state index in [0.29, 0.717) is 6.54 Å². The highest BCUT2D eigenvalue weighted by molar-refractivity contribution is 5.67. The lowest BCUT2D eigenvalue weighted by molar-refractivity contribution is 0.683. The van der Waals surface area contributed by atoms with Crippen LogP contribution in [0.5, 0.6) is 0 Å². The van der Waals surface area contributed by atoms with Gasteiger partial charge in [0.05, 0.1) is 5.69 Å². The van der Waals surface area contributed by atoms with Gasteiger partial charge in [0.25, 0.3) is 5.56 Å². The van der Waals surface area contributed by atoms with Gasteiger partial charge in [0.1, 0.15) is 11.5 Å². The first-order valence-electron chi connectivity index (χ1n) is 9.80. The van der Waals surface area contributed by atoms with Crippen LogP contribution in [-0.2, 0) is 6.54 Å². The average molecular weight is 356 g/mol. The number of aryl methyl sites for hydroxylation is 4. The van der Waals surface area contributed by atoms with Crippen molar-refractivity contribution >= 4 is 5.69 Å². The van der Waals surface area contributed by atoms with Crippen molar-refractivity contribution in [1.82, 2.24) is 9.55 Å². The van der Waals surface area contributed by atoms with Gasteiger partial charge in [0, 0.05) is 25.2 Å². The molecule has 0 radical (unpaired) electrons. The van der Waals surface area contributed by atoms with Crippen LogP contribution in [0.1, 0.15) is 56.0 Å². The monoisotopic (exact) mass is 355 g/mol. The molecule has 0 saturated heterocycles. The van der Waals surface area contributed by atoms with E-state index in [9.17, 15) is 4.79 Å². The Hall–Kier alpha value is -2.10. The molecule has 2 aromatic rings. The molecule has 4 nitrogen and oxygen atoms in total. The van der Waals surface area contributed by atoms with Crippen molar-refractivity contribution < 1.29 is 0 Å². The fraction of sp³-hybridized carbons (Fsp3) is 0.545. The van der Waals surface area contributed by atoms with Gasteiger partial charge in [-0.2, -0.15) is 0 Å². The van der Waals surface area contributed by atoms with E-state index in [1.54, 1.807) is 0 Å². The lowest BCUT2D eigenvalue weighted by Crippen LogP contribution is -2.35. The number of hydrogen-bond donors (Lipinski definition) is 0. The van der Waals surface area contributed by atoms with Crippen molar-refractivity contribution in [3.8, 4) is 11.4 Å². The zero-order valence-corrected chi connectivity index (χ0v) is 17.4. The second-order valence-electron chi connectivity index (χ2n) is 7.18. The van der Waals surface area contributed by atoms with Gasteiger partial charge in [0.15, 0.2) is 0 Å². The third-order valence-electron chi connectivity index (χ3n) is 4.84. The van der Waals surface area contributed by atoms with Gasteiger partial charge >= 0.3 is 0 Å². The van der Waals surface area contributed by atoms with E-state index < -0.39 is 0 Å². The van der Waals surface area contributed by atoms with E-state index in [1.807, 2.05) is 18.4 Å². The molecule has 0 atom stereocenters. The first-order chi connectivity index (χ1) is 12.3. The van der Waals surface area contributed by atoms with Crippen molar-refractivity contribution in [3.63, 3.8) is 0 Å². The Kier molecular flexibility index (Phi) is 6.63. The third kappa shape index (κ3) is 3.84. The molecule has 0 spiro atoms. The molecule has 26 heavy (non-hydrogen) atoms. The van der Waals surface area contributed by atoms with Crippen LogP contribution in [0, 0.1) is 27.7 Å².